The van der Waals surface area contributed by atoms with Crippen LogP contribution in [0.3, 0.4) is 0 Å². The van der Waals surface area contributed by atoms with Crippen molar-refractivity contribution in [2.75, 3.05) is 6.61 Å². The molecular formula is C15H20O8. The van der Waals surface area contributed by atoms with Crippen LogP contribution in [0.25, 0.3) is 0 Å². The normalized spacial score (nSPS) is 60.8. The Morgan fingerprint density at radius 1 is 1.17 bits per heavy atom. The van der Waals surface area contributed by atoms with Gasteiger partial charge in [-0.25, -0.2) is 9.59 Å². The standard InChI is InChI=1S/C15H20O8/c1-6-7(16)3-14(20)12(2)5-22-11(19)15(12,21)8-4-13(6,14)9(17)10(18)23-8/h6-9,16-17,20-21H,3-5H2,1-2H3/t6-,7+,8+,9-,12-,13-,14+,15+/m1/s1. The number of carbonyl (C=O) groups is 2. The third-order valence-electron chi connectivity index (χ3n) is 7.18. The number of esters is 2. The highest BCUT2D eigenvalue weighted by atomic mass is 16.6. The van der Waals surface area contributed by atoms with E-state index < -0.39 is 58.2 Å². The number of cyclic esters (lactones) is 1. The van der Waals surface area contributed by atoms with Crippen LogP contribution < -0.4 is 0 Å². The van der Waals surface area contributed by atoms with Gasteiger partial charge in [0.25, 0.3) is 0 Å². The van der Waals surface area contributed by atoms with Gasteiger partial charge < -0.3 is 29.9 Å². The van der Waals surface area contributed by atoms with Crippen LogP contribution in [0.5, 0.6) is 0 Å². The maximum atomic E-state index is 12.2. The Bertz CT molecular complexity index is 621. The van der Waals surface area contributed by atoms with E-state index in [9.17, 15) is 30.0 Å². The van der Waals surface area contributed by atoms with Gasteiger partial charge in [0, 0.05) is 11.8 Å². The van der Waals surface area contributed by atoms with Crippen LogP contribution in [-0.4, -0.2) is 68.5 Å². The molecule has 4 N–H and O–H groups in total. The molecule has 2 bridgehead atoms. The molecule has 23 heavy (non-hydrogen) atoms. The van der Waals surface area contributed by atoms with Gasteiger partial charge in [-0.05, 0) is 19.3 Å². The third kappa shape index (κ3) is 1.21. The zero-order chi connectivity index (χ0) is 17.0. The van der Waals surface area contributed by atoms with Gasteiger partial charge in [0.15, 0.2) is 6.10 Å². The van der Waals surface area contributed by atoms with Gasteiger partial charge in [-0.1, -0.05) is 6.92 Å². The Kier molecular flexibility index (Phi) is 2.58. The van der Waals surface area contributed by atoms with Crippen molar-refractivity contribution in [3.8, 4) is 0 Å². The first-order chi connectivity index (χ1) is 10.6. The summed E-state index contributed by atoms with van der Waals surface area (Å²) in [7, 11) is 0. The summed E-state index contributed by atoms with van der Waals surface area (Å²) in [4.78, 5) is 24.4. The fraction of sp³-hybridized carbons (Fsp3) is 0.867. The zero-order valence-electron chi connectivity index (χ0n) is 12.9. The van der Waals surface area contributed by atoms with E-state index in [-0.39, 0.29) is 19.4 Å². The number of hydrogen-bond donors (Lipinski definition) is 4. The molecule has 2 saturated carbocycles. The monoisotopic (exact) mass is 328 g/mol. The average Bonchev–Trinajstić information content (AvgIpc) is 2.85. The quantitative estimate of drug-likeness (QED) is 0.379. The lowest BCUT2D eigenvalue weighted by Crippen LogP contribution is -2.80. The van der Waals surface area contributed by atoms with E-state index in [2.05, 4.69) is 0 Å². The summed E-state index contributed by atoms with van der Waals surface area (Å²) in [6.45, 7) is 2.85. The van der Waals surface area contributed by atoms with Crippen LogP contribution in [0, 0.1) is 16.7 Å². The van der Waals surface area contributed by atoms with Gasteiger partial charge in [0.05, 0.1) is 17.1 Å². The lowest BCUT2D eigenvalue weighted by Gasteiger charge is -2.64. The lowest BCUT2D eigenvalue weighted by atomic mass is 9.44. The van der Waals surface area contributed by atoms with Crippen LogP contribution in [0.2, 0.25) is 0 Å². The fourth-order valence-corrected chi connectivity index (χ4v) is 5.64. The largest absolute Gasteiger partial charge is 0.463 e. The zero-order valence-corrected chi connectivity index (χ0v) is 12.9. The maximum Gasteiger partial charge on any atom is 0.342 e. The van der Waals surface area contributed by atoms with Crippen molar-refractivity contribution in [1.82, 2.24) is 0 Å². The number of aliphatic hydroxyl groups is 4. The molecule has 2 aliphatic carbocycles. The van der Waals surface area contributed by atoms with E-state index in [1.165, 1.54) is 6.92 Å². The minimum Gasteiger partial charge on any atom is -0.463 e. The molecule has 0 unspecified atom stereocenters. The van der Waals surface area contributed by atoms with E-state index in [1.807, 2.05) is 0 Å². The number of fused-ring (bicyclic) bond motifs is 4. The van der Waals surface area contributed by atoms with Gasteiger partial charge in [0.1, 0.15) is 12.7 Å². The second-order valence-corrected chi connectivity index (χ2v) is 7.67. The summed E-state index contributed by atoms with van der Waals surface area (Å²) in [6.07, 6.45) is -4.15. The van der Waals surface area contributed by atoms with E-state index >= 15 is 0 Å². The number of aliphatic hydroxyl groups excluding tert-OH is 2. The van der Waals surface area contributed by atoms with E-state index in [4.69, 9.17) is 9.47 Å². The molecule has 8 heteroatoms. The first kappa shape index (κ1) is 15.3. The molecule has 8 nitrogen and oxygen atoms in total. The molecule has 8 atom stereocenters. The van der Waals surface area contributed by atoms with Crippen molar-refractivity contribution in [2.24, 2.45) is 16.7 Å². The average molecular weight is 328 g/mol. The van der Waals surface area contributed by atoms with Crippen LogP contribution >= 0.6 is 0 Å². The predicted molar refractivity (Wildman–Crippen MR) is 71.7 cm³/mol. The Balaban J connectivity index is 2.02. The van der Waals surface area contributed by atoms with Gasteiger partial charge >= 0.3 is 11.9 Å². The second kappa shape index (κ2) is 3.88. The summed E-state index contributed by atoms with van der Waals surface area (Å²) < 4.78 is 10.1. The van der Waals surface area contributed by atoms with Crippen molar-refractivity contribution < 1.29 is 39.5 Å². The molecule has 2 saturated heterocycles. The summed E-state index contributed by atoms with van der Waals surface area (Å²) in [5.74, 6) is -2.57. The van der Waals surface area contributed by atoms with Crippen LogP contribution in [-0.2, 0) is 19.1 Å². The highest BCUT2D eigenvalue weighted by Gasteiger charge is 2.86. The lowest BCUT2D eigenvalue weighted by molar-refractivity contribution is -0.320. The molecule has 0 aromatic carbocycles. The Labute approximate surface area is 132 Å². The molecule has 0 aromatic rings. The van der Waals surface area contributed by atoms with E-state index in [0.717, 1.165) is 0 Å². The number of carbonyl (C=O) groups excluding carboxylic acids is 2. The number of ether oxygens (including phenoxy) is 2. The molecule has 2 aliphatic heterocycles. The van der Waals surface area contributed by atoms with Crippen molar-refractivity contribution >= 4 is 11.9 Å². The first-order valence-corrected chi connectivity index (χ1v) is 7.75. The van der Waals surface area contributed by atoms with Gasteiger partial charge in [-0.3, -0.25) is 0 Å². The number of hydrogen-bond acceptors (Lipinski definition) is 8. The van der Waals surface area contributed by atoms with Crippen molar-refractivity contribution in [1.29, 1.82) is 0 Å². The molecule has 0 amide bonds. The van der Waals surface area contributed by atoms with Gasteiger partial charge in [-0.2, -0.15) is 0 Å². The van der Waals surface area contributed by atoms with E-state index in [1.54, 1.807) is 6.92 Å². The highest BCUT2D eigenvalue weighted by molar-refractivity contribution is 5.87. The van der Waals surface area contributed by atoms with Crippen molar-refractivity contribution in [2.45, 2.75) is 56.2 Å². The molecule has 0 aromatic heterocycles. The fourth-order valence-electron chi connectivity index (χ4n) is 5.64. The molecule has 1 spiro atoms. The Hall–Kier alpha value is -1.22. The Morgan fingerprint density at radius 3 is 2.48 bits per heavy atom. The second-order valence-electron chi connectivity index (χ2n) is 7.67. The van der Waals surface area contributed by atoms with Crippen molar-refractivity contribution in [3.05, 3.63) is 0 Å². The minimum atomic E-state index is -2.20. The summed E-state index contributed by atoms with van der Waals surface area (Å²) in [6, 6.07) is 0. The summed E-state index contributed by atoms with van der Waals surface area (Å²) >= 11 is 0. The molecule has 4 aliphatic rings. The van der Waals surface area contributed by atoms with E-state index in [0.29, 0.717) is 0 Å². The first-order valence-electron chi connectivity index (χ1n) is 7.75. The molecular weight excluding hydrogens is 308 g/mol. The van der Waals surface area contributed by atoms with Crippen LogP contribution in [0.1, 0.15) is 26.7 Å². The van der Waals surface area contributed by atoms with Crippen molar-refractivity contribution in [3.63, 3.8) is 0 Å². The number of rotatable bonds is 0. The van der Waals surface area contributed by atoms with Gasteiger partial charge in [-0.15, -0.1) is 0 Å². The smallest absolute Gasteiger partial charge is 0.342 e. The molecule has 2 heterocycles. The molecule has 4 fully saturated rings. The Morgan fingerprint density at radius 2 is 1.83 bits per heavy atom. The topological polar surface area (TPSA) is 134 Å². The minimum absolute atomic E-state index is 0.115. The SMILES string of the molecule is C[C@@H]1[C@@H](O)C[C@@]2(O)[C@]13C[C@H](OC(=O)[C@H]3O)[C@]1(O)C(=O)OC[C@]21C. The maximum absolute atomic E-state index is 12.2. The highest BCUT2D eigenvalue weighted by Crippen LogP contribution is 2.71. The molecule has 128 valence electrons. The third-order valence-corrected chi connectivity index (χ3v) is 7.18. The van der Waals surface area contributed by atoms with Crippen LogP contribution in [0.15, 0.2) is 0 Å². The molecule has 0 radical (unpaired) electrons. The summed E-state index contributed by atoms with van der Waals surface area (Å²) in [5.41, 5.74) is -6.96. The van der Waals surface area contributed by atoms with Gasteiger partial charge in [0.2, 0.25) is 5.60 Å². The molecule has 4 rings (SSSR count). The summed E-state index contributed by atoms with van der Waals surface area (Å²) in [5, 5.41) is 43.5. The predicted octanol–water partition coefficient (Wildman–Crippen LogP) is -1.91. The van der Waals surface area contributed by atoms with Crippen LogP contribution in [0.4, 0.5) is 0 Å².